The molecular formula is C24H28N4O3S. The summed E-state index contributed by atoms with van der Waals surface area (Å²) in [6.07, 6.45) is 4.12. The van der Waals surface area contributed by atoms with Gasteiger partial charge in [0.15, 0.2) is 11.5 Å². The molecule has 1 saturated heterocycles. The molecule has 7 nitrogen and oxygen atoms in total. The third-order valence-electron chi connectivity index (χ3n) is 6.05. The lowest BCUT2D eigenvalue weighted by molar-refractivity contribution is 0.0627. The maximum atomic E-state index is 13.4. The van der Waals surface area contributed by atoms with Crippen molar-refractivity contribution in [1.82, 2.24) is 14.8 Å². The van der Waals surface area contributed by atoms with Gasteiger partial charge in [0, 0.05) is 44.3 Å². The maximum absolute atomic E-state index is 13.4. The normalized spacial score (nSPS) is 16.5. The zero-order chi connectivity index (χ0) is 22.7. The van der Waals surface area contributed by atoms with Gasteiger partial charge in [-0.1, -0.05) is 6.07 Å². The monoisotopic (exact) mass is 452 g/mol. The molecule has 1 aliphatic heterocycles. The summed E-state index contributed by atoms with van der Waals surface area (Å²) >= 11 is 1.43. The van der Waals surface area contributed by atoms with Gasteiger partial charge >= 0.3 is 0 Å². The summed E-state index contributed by atoms with van der Waals surface area (Å²) in [5.41, 5.74) is 2.99. The first kappa shape index (κ1) is 22.4. The molecule has 2 heterocycles. The highest BCUT2D eigenvalue weighted by Crippen LogP contribution is 2.40. The van der Waals surface area contributed by atoms with E-state index in [4.69, 9.17) is 9.47 Å². The highest BCUT2D eigenvalue weighted by atomic mass is 32.2. The van der Waals surface area contributed by atoms with Crippen molar-refractivity contribution in [3.8, 4) is 17.6 Å². The zero-order valence-corrected chi connectivity index (χ0v) is 19.6. The number of methoxy groups -OCH3 is 2. The molecule has 1 saturated carbocycles. The van der Waals surface area contributed by atoms with Crippen LogP contribution in [0.1, 0.15) is 45.9 Å². The summed E-state index contributed by atoms with van der Waals surface area (Å²) in [7, 11) is 3.27. The Balaban J connectivity index is 1.44. The number of ether oxygens (including phenoxy) is 2. The van der Waals surface area contributed by atoms with Gasteiger partial charge in [0.2, 0.25) is 0 Å². The third-order valence-corrected chi connectivity index (χ3v) is 6.73. The van der Waals surface area contributed by atoms with Crippen molar-refractivity contribution in [2.45, 2.75) is 30.3 Å². The van der Waals surface area contributed by atoms with Gasteiger partial charge in [-0.3, -0.25) is 9.69 Å². The quantitative estimate of drug-likeness (QED) is 0.595. The Kier molecular flexibility index (Phi) is 6.87. The van der Waals surface area contributed by atoms with Crippen molar-refractivity contribution in [2.24, 2.45) is 0 Å². The van der Waals surface area contributed by atoms with E-state index in [1.165, 1.54) is 11.8 Å². The predicted molar refractivity (Wildman–Crippen MR) is 123 cm³/mol. The van der Waals surface area contributed by atoms with E-state index >= 15 is 0 Å². The van der Waals surface area contributed by atoms with E-state index < -0.39 is 0 Å². The Bertz CT molecular complexity index is 1040. The number of rotatable bonds is 7. The van der Waals surface area contributed by atoms with Gasteiger partial charge in [-0.2, -0.15) is 5.26 Å². The number of carbonyl (C=O) groups is 1. The molecule has 1 amide bonds. The number of thioether (sulfide) groups is 1. The largest absolute Gasteiger partial charge is 0.493 e. The van der Waals surface area contributed by atoms with Crippen molar-refractivity contribution >= 4 is 17.7 Å². The smallest absolute Gasteiger partial charge is 0.255 e. The van der Waals surface area contributed by atoms with E-state index in [0.717, 1.165) is 49.5 Å². The van der Waals surface area contributed by atoms with Crippen molar-refractivity contribution in [3.63, 3.8) is 0 Å². The number of piperazine rings is 1. The number of amides is 1. The lowest BCUT2D eigenvalue weighted by Crippen LogP contribution is -2.48. The highest BCUT2D eigenvalue weighted by molar-refractivity contribution is 7.98. The molecule has 0 spiro atoms. The second kappa shape index (κ2) is 9.80. The van der Waals surface area contributed by atoms with E-state index in [-0.39, 0.29) is 5.91 Å². The highest BCUT2D eigenvalue weighted by Gasteiger charge is 2.30. The second-order valence-corrected chi connectivity index (χ2v) is 8.92. The molecule has 2 aromatic rings. The molecule has 2 aliphatic rings. The fourth-order valence-electron chi connectivity index (χ4n) is 4.07. The molecule has 8 heteroatoms. The minimum absolute atomic E-state index is 0.0630. The van der Waals surface area contributed by atoms with Crippen LogP contribution < -0.4 is 9.47 Å². The van der Waals surface area contributed by atoms with Crippen LogP contribution in [0.15, 0.2) is 29.3 Å². The van der Waals surface area contributed by atoms with Crippen LogP contribution in [-0.2, 0) is 6.54 Å². The summed E-state index contributed by atoms with van der Waals surface area (Å²) in [6, 6.07) is 10.0. The molecule has 32 heavy (non-hydrogen) atoms. The molecule has 0 atom stereocenters. The van der Waals surface area contributed by atoms with Gasteiger partial charge in [0.25, 0.3) is 5.91 Å². The standard InChI is InChI=1S/C24H28N4O3S/c1-30-21-7-4-16(12-22(21)31-2)15-27-8-10-28(11-9-27)24(29)18-13-20(17-5-6-17)26-23(32-3)19(18)14-25/h4,7,12-13,17H,5-6,8-11,15H2,1-3H3. The fourth-order valence-corrected chi connectivity index (χ4v) is 4.63. The minimum Gasteiger partial charge on any atom is -0.493 e. The van der Waals surface area contributed by atoms with Crippen LogP contribution in [0.25, 0.3) is 0 Å². The van der Waals surface area contributed by atoms with Crippen molar-refractivity contribution in [3.05, 3.63) is 46.6 Å². The number of hydrogen-bond acceptors (Lipinski definition) is 7. The molecule has 0 radical (unpaired) electrons. The van der Waals surface area contributed by atoms with Gasteiger partial charge in [-0.15, -0.1) is 11.8 Å². The minimum atomic E-state index is -0.0630. The Morgan fingerprint density at radius 3 is 2.47 bits per heavy atom. The van der Waals surface area contributed by atoms with Crippen LogP contribution in [0.2, 0.25) is 0 Å². The molecule has 0 unspecified atom stereocenters. The van der Waals surface area contributed by atoms with Crippen LogP contribution >= 0.6 is 11.8 Å². The van der Waals surface area contributed by atoms with E-state index in [1.807, 2.05) is 35.4 Å². The number of hydrogen-bond donors (Lipinski definition) is 0. The number of benzene rings is 1. The Morgan fingerprint density at radius 1 is 1.16 bits per heavy atom. The van der Waals surface area contributed by atoms with Crippen LogP contribution in [0.5, 0.6) is 11.5 Å². The third kappa shape index (κ3) is 4.69. The molecule has 2 fully saturated rings. The number of aromatic nitrogens is 1. The predicted octanol–water partition coefficient (Wildman–Crippen LogP) is 3.53. The molecule has 0 bridgehead atoms. The summed E-state index contributed by atoms with van der Waals surface area (Å²) in [5.74, 6) is 1.80. The van der Waals surface area contributed by atoms with E-state index in [9.17, 15) is 10.1 Å². The van der Waals surface area contributed by atoms with Gasteiger partial charge in [0.05, 0.1) is 25.3 Å². The van der Waals surface area contributed by atoms with Crippen LogP contribution in [-0.4, -0.2) is 67.3 Å². The number of nitrogens with zero attached hydrogens (tertiary/aromatic N) is 4. The summed E-state index contributed by atoms with van der Waals surface area (Å²) in [4.78, 5) is 22.2. The first-order valence-corrected chi connectivity index (χ1v) is 12.0. The van der Waals surface area contributed by atoms with Crippen LogP contribution in [0.4, 0.5) is 0 Å². The average molecular weight is 453 g/mol. The molecule has 0 N–H and O–H groups in total. The molecular weight excluding hydrogens is 424 g/mol. The molecule has 1 aliphatic carbocycles. The molecule has 168 valence electrons. The maximum Gasteiger partial charge on any atom is 0.255 e. The van der Waals surface area contributed by atoms with Crippen LogP contribution in [0, 0.1) is 11.3 Å². The topological polar surface area (TPSA) is 78.7 Å². The van der Waals surface area contributed by atoms with E-state index in [0.29, 0.717) is 40.9 Å². The van der Waals surface area contributed by atoms with Crippen molar-refractivity contribution < 1.29 is 14.3 Å². The second-order valence-electron chi connectivity index (χ2n) is 8.12. The summed E-state index contributed by atoms with van der Waals surface area (Å²) in [6.45, 7) is 3.60. The molecule has 1 aromatic carbocycles. The number of pyridine rings is 1. The van der Waals surface area contributed by atoms with Crippen molar-refractivity contribution in [1.29, 1.82) is 5.26 Å². The van der Waals surface area contributed by atoms with Crippen molar-refractivity contribution in [2.75, 3.05) is 46.7 Å². The molecule has 4 rings (SSSR count). The summed E-state index contributed by atoms with van der Waals surface area (Å²) in [5, 5.41) is 10.4. The lowest BCUT2D eigenvalue weighted by Gasteiger charge is -2.35. The Hall–Kier alpha value is -2.76. The summed E-state index contributed by atoms with van der Waals surface area (Å²) < 4.78 is 10.7. The average Bonchev–Trinajstić information content (AvgIpc) is 3.68. The van der Waals surface area contributed by atoms with Gasteiger partial charge in [0.1, 0.15) is 11.1 Å². The van der Waals surface area contributed by atoms with Gasteiger partial charge < -0.3 is 14.4 Å². The fraction of sp³-hybridized carbons (Fsp3) is 0.458. The first-order valence-electron chi connectivity index (χ1n) is 10.8. The lowest BCUT2D eigenvalue weighted by atomic mass is 10.1. The number of nitriles is 1. The van der Waals surface area contributed by atoms with Gasteiger partial charge in [-0.05, 0) is 42.9 Å². The van der Waals surface area contributed by atoms with Crippen LogP contribution in [0.3, 0.4) is 0 Å². The van der Waals surface area contributed by atoms with Gasteiger partial charge in [-0.25, -0.2) is 4.98 Å². The van der Waals surface area contributed by atoms with E-state index in [1.54, 1.807) is 14.2 Å². The van der Waals surface area contributed by atoms with E-state index in [2.05, 4.69) is 16.0 Å². The number of carbonyl (C=O) groups excluding carboxylic acids is 1. The Morgan fingerprint density at radius 2 is 1.88 bits per heavy atom. The zero-order valence-electron chi connectivity index (χ0n) is 18.8. The first-order chi connectivity index (χ1) is 15.6. The Labute approximate surface area is 193 Å². The molecule has 1 aromatic heterocycles. The SMILES string of the molecule is COc1ccc(CN2CCN(C(=O)c3cc(C4CC4)nc(SC)c3C#N)CC2)cc1OC.